The van der Waals surface area contributed by atoms with Crippen molar-refractivity contribution in [1.29, 1.82) is 0 Å². The van der Waals surface area contributed by atoms with Gasteiger partial charge in [-0.3, -0.25) is 10.2 Å². The number of benzene rings is 2. The SMILES string of the molecule is COc1ccc(C(=O)NN2S(=O)(=O)c3ccccc3S2(=O)=O)cc1. The molecule has 1 aliphatic heterocycles. The Kier molecular flexibility index (Phi) is 3.82. The topological polar surface area (TPSA) is 110 Å². The highest BCUT2D eigenvalue weighted by atomic mass is 32.3. The van der Waals surface area contributed by atoms with Crippen LogP contribution in [0, 0.1) is 0 Å². The molecule has 0 unspecified atom stereocenters. The average molecular weight is 368 g/mol. The molecule has 0 aromatic heterocycles. The molecule has 126 valence electrons. The highest BCUT2D eigenvalue weighted by Crippen LogP contribution is 2.34. The van der Waals surface area contributed by atoms with E-state index in [9.17, 15) is 21.6 Å². The van der Waals surface area contributed by atoms with E-state index in [2.05, 4.69) is 0 Å². The monoisotopic (exact) mass is 368 g/mol. The van der Waals surface area contributed by atoms with Crippen molar-refractivity contribution in [3.05, 3.63) is 54.1 Å². The van der Waals surface area contributed by atoms with Crippen molar-refractivity contribution in [1.82, 2.24) is 9.25 Å². The second kappa shape index (κ2) is 5.58. The van der Waals surface area contributed by atoms with E-state index >= 15 is 0 Å². The first-order valence-electron chi connectivity index (χ1n) is 6.63. The number of nitrogens with zero attached hydrogens (tertiary/aromatic N) is 1. The van der Waals surface area contributed by atoms with E-state index in [4.69, 9.17) is 4.74 Å². The Morgan fingerprint density at radius 2 is 1.42 bits per heavy atom. The molecule has 1 heterocycles. The first-order valence-corrected chi connectivity index (χ1v) is 9.51. The number of hydrogen-bond acceptors (Lipinski definition) is 6. The summed E-state index contributed by atoms with van der Waals surface area (Å²) in [5, 5.41) is 0. The van der Waals surface area contributed by atoms with Gasteiger partial charge in [-0.25, -0.2) is 16.8 Å². The summed E-state index contributed by atoms with van der Waals surface area (Å²) in [6, 6.07) is 10.9. The number of rotatable bonds is 3. The molecular weight excluding hydrogens is 356 g/mol. The van der Waals surface area contributed by atoms with Gasteiger partial charge in [0.25, 0.3) is 26.0 Å². The second-order valence-corrected chi connectivity index (χ2v) is 8.56. The smallest absolute Gasteiger partial charge is 0.275 e. The van der Waals surface area contributed by atoms with Gasteiger partial charge in [-0.1, -0.05) is 12.1 Å². The van der Waals surface area contributed by atoms with Crippen LogP contribution in [0.1, 0.15) is 10.4 Å². The largest absolute Gasteiger partial charge is 0.497 e. The summed E-state index contributed by atoms with van der Waals surface area (Å²) in [6.45, 7) is 0. The Balaban J connectivity index is 1.97. The van der Waals surface area contributed by atoms with Crippen LogP contribution in [-0.2, 0) is 20.0 Å². The molecule has 0 spiro atoms. The first-order chi connectivity index (χ1) is 11.3. The molecule has 3 rings (SSSR count). The minimum Gasteiger partial charge on any atom is -0.497 e. The van der Waals surface area contributed by atoms with E-state index in [1.54, 1.807) is 0 Å². The molecular formula is C14H12N2O6S2. The fraction of sp³-hybridized carbons (Fsp3) is 0.0714. The Bertz CT molecular complexity index is 960. The van der Waals surface area contributed by atoms with Crippen LogP contribution in [0.5, 0.6) is 5.75 Å². The van der Waals surface area contributed by atoms with E-state index in [-0.39, 0.29) is 19.2 Å². The molecule has 1 amide bonds. The highest BCUT2D eigenvalue weighted by molar-refractivity contribution is 8.06. The van der Waals surface area contributed by atoms with Crippen LogP contribution in [0.3, 0.4) is 0 Å². The van der Waals surface area contributed by atoms with E-state index in [0.29, 0.717) is 5.75 Å². The molecule has 1 N–H and O–H groups in total. The second-order valence-electron chi connectivity index (χ2n) is 4.82. The molecule has 2 aromatic rings. The van der Waals surface area contributed by atoms with Crippen molar-refractivity contribution in [3.63, 3.8) is 0 Å². The normalized spacial score (nSPS) is 17.9. The van der Waals surface area contributed by atoms with Gasteiger partial charge in [0.15, 0.2) is 0 Å². The summed E-state index contributed by atoms with van der Waals surface area (Å²) < 4.78 is 54.5. The number of nitrogens with one attached hydrogen (secondary N) is 1. The van der Waals surface area contributed by atoms with Gasteiger partial charge >= 0.3 is 0 Å². The van der Waals surface area contributed by atoms with Crippen molar-refractivity contribution in [2.45, 2.75) is 9.79 Å². The predicted octanol–water partition coefficient (Wildman–Crippen LogP) is 0.733. The van der Waals surface area contributed by atoms with Gasteiger partial charge in [0.05, 0.1) is 7.11 Å². The Morgan fingerprint density at radius 1 is 0.917 bits per heavy atom. The third kappa shape index (κ3) is 2.44. The number of carbonyl (C=O) groups excluding carboxylic acids is 1. The Hall–Kier alpha value is -2.43. The Morgan fingerprint density at radius 3 is 1.88 bits per heavy atom. The molecule has 8 nitrogen and oxygen atoms in total. The minimum atomic E-state index is -4.38. The standard InChI is InChI=1S/C14H12N2O6S2/c1-22-11-8-6-10(7-9-11)14(17)15-16-23(18,19)12-4-2-3-5-13(12)24(16,20)21/h2-9H,1H3,(H,15,17). The number of sulfonamides is 2. The van der Waals surface area contributed by atoms with E-state index in [0.717, 1.165) is 0 Å². The van der Waals surface area contributed by atoms with Crippen molar-refractivity contribution in [3.8, 4) is 5.75 Å². The summed E-state index contributed by atoms with van der Waals surface area (Å²) in [5.74, 6) is -0.377. The van der Waals surface area contributed by atoms with Crippen LogP contribution in [0.15, 0.2) is 58.3 Å². The van der Waals surface area contributed by atoms with Gasteiger partial charge in [0.1, 0.15) is 15.5 Å². The zero-order chi connectivity index (χ0) is 17.5. The number of hydrogen-bond donors (Lipinski definition) is 1. The lowest BCUT2D eigenvalue weighted by molar-refractivity contribution is 0.0915. The van der Waals surface area contributed by atoms with Crippen LogP contribution in [0.2, 0.25) is 0 Å². The fourth-order valence-corrected chi connectivity index (χ4v) is 6.25. The number of hydrazine groups is 1. The quantitative estimate of drug-likeness (QED) is 0.855. The summed E-state index contributed by atoms with van der Waals surface area (Å²) in [7, 11) is -7.31. The molecule has 0 fully saturated rings. The molecule has 0 saturated carbocycles. The predicted molar refractivity (Wildman–Crippen MR) is 83.1 cm³/mol. The number of amides is 1. The number of ether oxygens (including phenoxy) is 1. The maximum Gasteiger partial charge on any atom is 0.275 e. The molecule has 0 saturated heterocycles. The molecule has 24 heavy (non-hydrogen) atoms. The van der Waals surface area contributed by atoms with E-state index < -0.39 is 26.0 Å². The third-order valence-corrected chi connectivity index (χ3v) is 7.57. The van der Waals surface area contributed by atoms with Gasteiger partial charge in [-0.15, -0.1) is 0 Å². The zero-order valence-corrected chi connectivity index (χ0v) is 14.0. The number of methoxy groups -OCH3 is 1. The summed E-state index contributed by atoms with van der Waals surface area (Å²) in [6.07, 6.45) is 0. The van der Waals surface area contributed by atoms with Crippen molar-refractivity contribution in [2.75, 3.05) is 7.11 Å². The third-order valence-electron chi connectivity index (χ3n) is 3.39. The fourth-order valence-electron chi connectivity index (χ4n) is 2.19. The van der Waals surface area contributed by atoms with Gasteiger partial charge in [-0.05, 0) is 36.4 Å². The number of carbonyl (C=O) groups is 1. The molecule has 1 aliphatic rings. The molecule has 0 radical (unpaired) electrons. The van der Waals surface area contributed by atoms with Crippen LogP contribution in [0.25, 0.3) is 0 Å². The summed E-state index contributed by atoms with van der Waals surface area (Å²) in [4.78, 5) is 11.5. The average Bonchev–Trinajstić information content (AvgIpc) is 2.73. The molecule has 2 aromatic carbocycles. The lowest BCUT2D eigenvalue weighted by Crippen LogP contribution is -2.45. The number of fused-ring (bicyclic) bond motifs is 1. The van der Waals surface area contributed by atoms with Gasteiger partial charge in [0.2, 0.25) is 0 Å². The molecule has 0 aliphatic carbocycles. The van der Waals surface area contributed by atoms with Crippen LogP contribution >= 0.6 is 0 Å². The molecule has 10 heteroatoms. The van der Waals surface area contributed by atoms with Gasteiger partial charge in [0, 0.05) is 9.38 Å². The Labute approximate surface area is 138 Å². The summed E-state index contributed by atoms with van der Waals surface area (Å²) in [5.41, 5.74) is 2.02. The maximum absolute atomic E-state index is 12.4. The minimum absolute atomic E-state index is 0.00275. The molecule has 0 atom stereocenters. The van der Waals surface area contributed by atoms with Crippen LogP contribution in [-0.4, -0.2) is 33.7 Å². The maximum atomic E-state index is 12.4. The lowest BCUT2D eigenvalue weighted by Gasteiger charge is -2.15. The van der Waals surface area contributed by atoms with Crippen LogP contribution in [0.4, 0.5) is 0 Å². The zero-order valence-electron chi connectivity index (χ0n) is 12.3. The highest BCUT2D eigenvalue weighted by Gasteiger charge is 2.48. The first kappa shape index (κ1) is 16.4. The van der Waals surface area contributed by atoms with Gasteiger partial charge < -0.3 is 4.74 Å². The van der Waals surface area contributed by atoms with Crippen molar-refractivity contribution < 1.29 is 26.4 Å². The van der Waals surface area contributed by atoms with Gasteiger partial charge in [-0.2, -0.15) is 0 Å². The molecule has 0 bridgehead atoms. The van der Waals surface area contributed by atoms with E-state index in [1.807, 2.05) is 5.43 Å². The van der Waals surface area contributed by atoms with Crippen molar-refractivity contribution in [2.24, 2.45) is 0 Å². The van der Waals surface area contributed by atoms with Crippen LogP contribution < -0.4 is 10.2 Å². The summed E-state index contributed by atoms with van der Waals surface area (Å²) >= 11 is 0. The lowest BCUT2D eigenvalue weighted by atomic mass is 10.2. The van der Waals surface area contributed by atoms with E-state index in [1.165, 1.54) is 55.6 Å². The van der Waals surface area contributed by atoms with Crippen molar-refractivity contribution >= 4 is 26.0 Å².